The SMILES string of the molecule is Cn1c(/N=C/c2cc(Br)cc(Br)c2O)nc2ccccc21. The van der Waals surface area contributed by atoms with Crippen LogP contribution >= 0.6 is 31.9 Å². The number of aliphatic imine (C=N–C) groups is 1. The molecule has 21 heavy (non-hydrogen) atoms. The molecule has 0 aliphatic rings. The van der Waals surface area contributed by atoms with Gasteiger partial charge in [-0.05, 0) is 40.2 Å². The van der Waals surface area contributed by atoms with E-state index in [9.17, 15) is 5.11 Å². The molecule has 0 atom stereocenters. The normalized spacial score (nSPS) is 11.6. The number of imidazole rings is 1. The van der Waals surface area contributed by atoms with Crippen molar-refractivity contribution in [3.05, 3.63) is 50.9 Å². The van der Waals surface area contributed by atoms with Gasteiger partial charge in [0.25, 0.3) is 0 Å². The number of hydrogen-bond acceptors (Lipinski definition) is 3. The van der Waals surface area contributed by atoms with Crippen LogP contribution < -0.4 is 0 Å². The van der Waals surface area contributed by atoms with E-state index in [0.717, 1.165) is 15.5 Å². The lowest BCUT2D eigenvalue weighted by Crippen LogP contribution is -1.88. The van der Waals surface area contributed by atoms with Crippen LogP contribution in [-0.2, 0) is 7.05 Å². The summed E-state index contributed by atoms with van der Waals surface area (Å²) in [5, 5.41) is 10.0. The van der Waals surface area contributed by atoms with E-state index in [1.165, 1.54) is 0 Å². The number of hydrogen-bond donors (Lipinski definition) is 1. The van der Waals surface area contributed by atoms with Gasteiger partial charge in [0, 0.05) is 23.3 Å². The summed E-state index contributed by atoms with van der Waals surface area (Å²) >= 11 is 6.70. The first-order valence-electron chi connectivity index (χ1n) is 6.20. The van der Waals surface area contributed by atoms with Crippen molar-refractivity contribution in [2.45, 2.75) is 0 Å². The van der Waals surface area contributed by atoms with Gasteiger partial charge in [-0.25, -0.2) is 9.98 Å². The van der Waals surface area contributed by atoms with Gasteiger partial charge in [0.1, 0.15) is 5.75 Å². The highest BCUT2D eigenvalue weighted by Crippen LogP contribution is 2.31. The monoisotopic (exact) mass is 407 g/mol. The summed E-state index contributed by atoms with van der Waals surface area (Å²) < 4.78 is 3.39. The minimum Gasteiger partial charge on any atom is -0.506 e. The van der Waals surface area contributed by atoms with Gasteiger partial charge < -0.3 is 9.67 Å². The van der Waals surface area contributed by atoms with Crippen molar-refractivity contribution < 1.29 is 5.11 Å². The first-order valence-corrected chi connectivity index (χ1v) is 7.78. The third-order valence-electron chi connectivity index (χ3n) is 3.14. The molecule has 0 aliphatic carbocycles. The van der Waals surface area contributed by atoms with Crippen LogP contribution in [0, 0.1) is 0 Å². The number of fused-ring (bicyclic) bond motifs is 1. The molecule has 6 heteroatoms. The maximum Gasteiger partial charge on any atom is 0.230 e. The smallest absolute Gasteiger partial charge is 0.230 e. The summed E-state index contributed by atoms with van der Waals surface area (Å²) in [7, 11) is 1.92. The van der Waals surface area contributed by atoms with Crippen LogP contribution in [0.5, 0.6) is 5.75 Å². The Morgan fingerprint density at radius 3 is 2.76 bits per heavy atom. The third-order valence-corrected chi connectivity index (χ3v) is 4.20. The molecule has 0 bridgehead atoms. The Kier molecular flexibility index (Phi) is 3.82. The van der Waals surface area contributed by atoms with E-state index in [1.807, 2.05) is 35.9 Å². The molecular formula is C15H11Br2N3O. The number of rotatable bonds is 2. The number of para-hydroxylation sites is 2. The maximum absolute atomic E-state index is 10.0. The van der Waals surface area contributed by atoms with Gasteiger partial charge in [-0.1, -0.05) is 28.1 Å². The van der Waals surface area contributed by atoms with Gasteiger partial charge in [-0.15, -0.1) is 0 Å². The second-order valence-electron chi connectivity index (χ2n) is 4.54. The third kappa shape index (κ3) is 2.73. The van der Waals surface area contributed by atoms with Crippen LogP contribution in [0.3, 0.4) is 0 Å². The van der Waals surface area contributed by atoms with E-state index >= 15 is 0 Å². The van der Waals surface area contributed by atoms with Gasteiger partial charge in [0.05, 0.1) is 15.5 Å². The zero-order valence-electron chi connectivity index (χ0n) is 11.1. The Bertz CT molecular complexity index is 855. The Balaban J connectivity index is 2.04. The van der Waals surface area contributed by atoms with E-state index in [4.69, 9.17) is 0 Å². The lowest BCUT2D eigenvalue weighted by Gasteiger charge is -2.02. The fraction of sp³-hybridized carbons (Fsp3) is 0.0667. The van der Waals surface area contributed by atoms with Crippen molar-refractivity contribution in [3.8, 4) is 5.75 Å². The summed E-state index contributed by atoms with van der Waals surface area (Å²) in [6, 6.07) is 11.4. The summed E-state index contributed by atoms with van der Waals surface area (Å²) in [6.07, 6.45) is 1.60. The summed E-state index contributed by atoms with van der Waals surface area (Å²) in [5.74, 6) is 0.743. The first kappa shape index (κ1) is 14.3. The number of aromatic hydroxyl groups is 1. The number of aromatic nitrogens is 2. The summed E-state index contributed by atoms with van der Waals surface area (Å²) in [6.45, 7) is 0. The van der Waals surface area contributed by atoms with Crippen molar-refractivity contribution in [1.82, 2.24) is 9.55 Å². The second kappa shape index (κ2) is 5.61. The minimum absolute atomic E-state index is 0.153. The number of phenols is 1. The average Bonchev–Trinajstić information content (AvgIpc) is 2.78. The molecule has 0 amide bonds. The summed E-state index contributed by atoms with van der Waals surface area (Å²) in [5.41, 5.74) is 2.53. The van der Waals surface area contributed by atoms with Gasteiger partial charge in [-0.2, -0.15) is 0 Å². The quantitative estimate of drug-likeness (QED) is 0.632. The first-order chi connectivity index (χ1) is 10.1. The molecule has 3 aromatic rings. The highest BCUT2D eigenvalue weighted by molar-refractivity contribution is 9.11. The largest absolute Gasteiger partial charge is 0.506 e. The van der Waals surface area contributed by atoms with Gasteiger partial charge in [0.2, 0.25) is 5.95 Å². The molecule has 1 heterocycles. The Hall–Kier alpha value is -1.66. The van der Waals surface area contributed by atoms with Crippen LogP contribution in [-0.4, -0.2) is 20.9 Å². The number of aryl methyl sites for hydroxylation is 1. The molecule has 0 unspecified atom stereocenters. The van der Waals surface area contributed by atoms with Gasteiger partial charge in [-0.3, -0.25) is 0 Å². The minimum atomic E-state index is 0.153. The predicted octanol–water partition coefficient (Wildman–Crippen LogP) is 4.55. The number of phenolic OH excluding ortho intramolecular Hbond substituents is 1. The van der Waals surface area contributed by atoms with Crippen molar-refractivity contribution >= 4 is 55.1 Å². The van der Waals surface area contributed by atoms with Gasteiger partial charge >= 0.3 is 0 Å². The molecule has 0 saturated heterocycles. The standard InChI is InChI=1S/C15H11Br2N3O/c1-20-13-5-3-2-4-12(13)19-15(20)18-8-9-6-10(16)7-11(17)14(9)21/h2-8,21H,1H3/b18-8+. The lowest BCUT2D eigenvalue weighted by molar-refractivity contribution is 0.471. The van der Waals surface area contributed by atoms with E-state index in [0.29, 0.717) is 16.0 Å². The molecule has 2 aromatic carbocycles. The Morgan fingerprint density at radius 1 is 1.24 bits per heavy atom. The summed E-state index contributed by atoms with van der Waals surface area (Å²) in [4.78, 5) is 8.84. The number of nitrogens with zero attached hydrogens (tertiary/aromatic N) is 3. The van der Waals surface area contributed by atoms with Crippen LogP contribution in [0.25, 0.3) is 11.0 Å². The predicted molar refractivity (Wildman–Crippen MR) is 91.5 cm³/mol. The lowest BCUT2D eigenvalue weighted by atomic mass is 10.2. The van der Waals surface area contributed by atoms with Crippen LogP contribution in [0.15, 0.2) is 50.3 Å². The molecule has 0 saturated carbocycles. The zero-order chi connectivity index (χ0) is 15.0. The molecule has 0 aliphatic heterocycles. The van der Waals surface area contributed by atoms with Crippen LogP contribution in [0.4, 0.5) is 5.95 Å². The fourth-order valence-electron chi connectivity index (χ4n) is 2.06. The molecule has 0 fully saturated rings. The molecule has 0 radical (unpaired) electrons. The molecule has 3 rings (SSSR count). The highest BCUT2D eigenvalue weighted by atomic mass is 79.9. The molecule has 4 nitrogen and oxygen atoms in total. The Morgan fingerprint density at radius 2 is 2.00 bits per heavy atom. The fourth-order valence-corrected chi connectivity index (χ4v) is 3.32. The van der Waals surface area contributed by atoms with Crippen molar-refractivity contribution in [2.75, 3.05) is 0 Å². The topological polar surface area (TPSA) is 50.4 Å². The van der Waals surface area contributed by atoms with E-state index in [-0.39, 0.29) is 5.75 Å². The van der Waals surface area contributed by atoms with Crippen molar-refractivity contribution in [1.29, 1.82) is 0 Å². The molecule has 106 valence electrons. The molecular weight excluding hydrogens is 398 g/mol. The molecule has 0 spiro atoms. The zero-order valence-corrected chi connectivity index (χ0v) is 14.3. The number of benzene rings is 2. The van der Waals surface area contributed by atoms with E-state index in [1.54, 1.807) is 18.3 Å². The van der Waals surface area contributed by atoms with Crippen LogP contribution in [0.2, 0.25) is 0 Å². The van der Waals surface area contributed by atoms with E-state index < -0.39 is 0 Å². The van der Waals surface area contributed by atoms with E-state index in [2.05, 4.69) is 41.8 Å². The molecule has 1 aromatic heterocycles. The average molecular weight is 409 g/mol. The second-order valence-corrected chi connectivity index (χ2v) is 6.31. The van der Waals surface area contributed by atoms with Crippen molar-refractivity contribution in [3.63, 3.8) is 0 Å². The van der Waals surface area contributed by atoms with Crippen molar-refractivity contribution in [2.24, 2.45) is 12.0 Å². The van der Waals surface area contributed by atoms with Gasteiger partial charge in [0.15, 0.2) is 0 Å². The van der Waals surface area contributed by atoms with Crippen LogP contribution in [0.1, 0.15) is 5.56 Å². The number of halogens is 2. The Labute approximate surface area is 138 Å². The highest BCUT2D eigenvalue weighted by Gasteiger charge is 2.08. The maximum atomic E-state index is 10.0. The molecule has 1 N–H and O–H groups in total.